The van der Waals surface area contributed by atoms with E-state index in [0.29, 0.717) is 13.0 Å². The zero-order valence-corrected chi connectivity index (χ0v) is 17.8. The third-order valence-electron chi connectivity index (χ3n) is 4.72. The Morgan fingerprint density at radius 3 is 2.67 bits per heavy atom. The van der Waals surface area contributed by atoms with Crippen LogP contribution in [0, 0.1) is 12.3 Å². The van der Waals surface area contributed by atoms with Crippen molar-refractivity contribution >= 4 is 26.7 Å². The lowest BCUT2D eigenvalue weighted by Gasteiger charge is -2.25. The number of nitrogens with zero attached hydrogens (tertiary/aromatic N) is 1. The summed E-state index contributed by atoms with van der Waals surface area (Å²) in [5.41, 5.74) is 3.56. The lowest BCUT2D eigenvalue weighted by atomic mass is 9.90. The highest BCUT2D eigenvalue weighted by molar-refractivity contribution is 7.90. The van der Waals surface area contributed by atoms with Gasteiger partial charge in [0, 0.05) is 43.5 Å². The molecule has 0 atom stereocenters. The maximum atomic E-state index is 11.4. The Kier molecular flexibility index (Phi) is 6.92. The first-order valence-corrected chi connectivity index (χ1v) is 11.3. The highest BCUT2D eigenvalue weighted by Crippen LogP contribution is 2.20. The van der Waals surface area contributed by atoms with Gasteiger partial charge < -0.3 is 15.6 Å². The summed E-state index contributed by atoms with van der Waals surface area (Å²) < 4.78 is 22.8. The van der Waals surface area contributed by atoms with E-state index < -0.39 is 9.84 Å². The average molecular weight is 393 g/mol. The highest BCUT2D eigenvalue weighted by atomic mass is 32.2. The van der Waals surface area contributed by atoms with Crippen LogP contribution in [0.1, 0.15) is 31.4 Å². The summed E-state index contributed by atoms with van der Waals surface area (Å²) in [6.45, 7) is 7.65. The molecular weight excluding hydrogens is 360 g/mol. The molecule has 1 aromatic carbocycles. The van der Waals surface area contributed by atoms with Gasteiger partial charge >= 0.3 is 0 Å². The van der Waals surface area contributed by atoms with Crippen molar-refractivity contribution < 1.29 is 8.42 Å². The number of sulfone groups is 1. The minimum absolute atomic E-state index is 0.130. The number of rotatable bonds is 8. The number of fused-ring (bicyclic) bond motifs is 1. The lowest BCUT2D eigenvalue weighted by Crippen LogP contribution is -2.43. The fourth-order valence-corrected chi connectivity index (χ4v) is 3.84. The van der Waals surface area contributed by atoms with E-state index in [1.54, 1.807) is 7.05 Å². The summed E-state index contributed by atoms with van der Waals surface area (Å²) in [6.07, 6.45) is 4.85. The number of hydrogen-bond donors (Lipinski definition) is 3. The lowest BCUT2D eigenvalue weighted by molar-refractivity contribution is 0.348. The monoisotopic (exact) mass is 392 g/mol. The molecule has 0 aliphatic carbocycles. The molecule has 0 fully saturated rings. The van der Waals surface area contributed by atoms with E-state index in [1.165, 1.54) is 28.3 Å². The van der Waals surface area contributed by atoms with Crippen molar-refractivity contribution in [3.05, 3.63) is 35.5 Å². The van der Waals surface area contributed by atoms with E-state index in [2.05, 4.69) is 65.8 Å². The Balaban J connectivity index is 1.83. The van der Waals surface area contributed by atoms with Gasteiger partial charge in [0.25, 0.3) is 0 Å². The maximum absolute atomic E-state index is 11.4. The van der Waals surface area contributed by atoms with Crippen LogP contribution in [0.5, 0.6) is 0 Å². The Morgan fingerprint density at radius 2 is 2.00 bits per heavy atom. The van der Waals surface area contributed by atoms with Crippen LogP contribution in [0.25, 0.3) is 10.9 Å². The molecule has 0 saturated heterocycles. The van der Waals surface area contributed by atoms with Gasteiger partial charge in [-0.2, -0.15) is 0 Å². The first-order chi connectivity index (χ1) is 12.6. The molecule has 2 rings (SSSR count). The van der Waals surface area contributed by atoms with Gasteiger partial charge in [-0.3, -0.25) is 4.99 Å². The fraction of sp³-hybridized carbons (Fsp3) is 0.550. The molecule has 150 valence electrons. The van der Waals surface area contributed by atoms with E-state index in [9.17, 15) is 8.42 Å². The second kappa shape index (κ2) is 8.78. The second-order valence-corrected chi connectivity index (χ2v) is 10.3. The van der Waals surface area contributed by atoms with Crippen LogP contribution in [0.4, 0.5) is 0 Å². The predicted octanol–water partition coefficient (Wildman–Crippen LogP) is 2.64. The van der Waals surface area contributed by atoms with Crippen LogP contribution < -0.4 is 10.6 Å². The number of H-pyrrole nitrogens is 1. The molecule has 0 aliphatic rings. The number of aromatic amines is 1. The van der Waals surface area contributed by atoms with Gasteiger partial charge in [0.1, 0.15) is 9.84 Å². The van der Waals surface area contributed by atoms with Crippen LogP contribution in [-0.2, 0) is 16.3 Å². The second-order valence-electron chi connectivity index (χ2n) is 8.01. The van der Waals surface area contributed by atoms with Crippen molar-refractivity contribution in [1.29, 1.82) is 0 Å². The third kappa shape index (κ3) is 6.90. The number of aliphatic imine (C=N–C) groups is 1. The minimum Gasteiger partial charge on any atom is -0.361 e. The molecule has 0 saturated carbocycles. The number of aryl methyl sites for hydroxylation is 1. The van der Waals surface area contributed by atoms with E-state index in [1.807, 2.05) is 0 Å². The van der Waals surface area contributed by atoms with Crippen LogP contribution in [0.3, 0.4) is 0 Å². The molecule has 0 bridgehead atoms. The SMILES string of the molecule is CN=C(NCCc1c[nH]c2cc(C)ccc12)NCC(C)(C)CCS(C)(=O)=O. The van der Waals surface area contributed by atoms with Gasteiger partial charge in [0.2, 0.25) is 0 Å². The molecule has 0 amide bonds. The summed E-state index contributed by atoms with van der Waals surface area (Å²) in [5.74, 6) is 0.936. The molecule has 1 heterocycles. The molecule has 7 heteroatoms. The molecule has 3 N–H and O–H groups in total. The van der Waals surface area contributed by atoms with Crippen LogP contribution in [0.2, 0.25) is 0 Å². The molecule has 27 heavy (non-hydrogen) atoms. The van der Waals surface area contributed by atoms with Crippen LogP contribution in [0.15, 0.2) is 29.4 Å². The zero-order chi connectivity index (χ0) is 20.1. The van der Waals surface area contributed by atoms with Gasteiger partial charge in [-0.25, -0.2) is 8.42 Å². The topological polar surface area (TPSA) is 86.3 Å². The first kappa shape index (κ1) is 21.3. The smallest absolute Gasteiger partial charge is 0.191 e. The molecular formula is C20H32N4O2S. The van der Waals surface area contributed by atoms with Crippen molar-refractivity contribution in [1.82, 2.24) is 15.6 Å². The Bertz CT molecular complexity index is 898. The van der Waals surface area contributed by atoms with Crippen molar-refractivity contribution in [2.75, 3.05) is 32.1 Å². The van der Waals surface area contributed by atoms with E-state index in [4.69, 9.17) is 0 Å². The Labute approximate surface area is 162 Å². The molecule has 2 aromatic rings. The molecule has 0 aliphatic heterocycles. The predicted molar refractivity (Wildman–Crippen MR) is 114 cm³/mol. The van der Waals surface area contributed by atoms with Gasteiger partial charge in [0.15, 0.2) is 5.96 Å². The Morgan fingerprint density at radius 1 is 1.26 bits per heavy atom. The summed E-state index contributed by atoms with van der Waals surface area (Å²) in [6, 6.07) is 6.45. The van der Waals surface area contributed by atoms with Gasteiger partial charge in [-0.15, -0.1) is 0 Å². The normalized spacial score (nSPS) is 13.1. The van der Waals surface area contributed by atoms with Gasteiger partial charge in [-0.1, -0.05) is 26.0 Å². The average Bonchev–Trinajstić information content (AvgIpc) is 2.98. The quantitative estimate of drug-likeness (QED) is 0.476. The summed E-state index contributed by atoms with van der Waals surface area (Å²) in [7, 11) is -1.19. The number of benzene rings is 1. The molecule has 0 radical (unpaired) electrons. The van der Waals surface area contributed by atoms with E-state index >= 15 is 0 Å². The molecule has 6 nitrogen and oxygen atoms in total. The van der Waals surface area contributed by atoms with Gasteiger partial charge in [-0.05, 0) is 42.4 Å². The Hall–Kier alpha value is -2.02. The van der Waals surface area contributed by atoms with Crippen molar-refractivity contribution in [2.24, 2.45) is 10.4 Å². The number of hydrogen-bond acceptors (Lipinski definition) is 3. The minimum atomic E-state index is -2.94. The summed E-state index contributed by atoms with van der Waals surface area (Å²) >= 11 is 0. The first-order valence-electron chi connectivity index (χ1n) is 9.28. The van der Waals surface area contributed by atoms with E-state index in [0.717, 1.165) is 18.9 Å². The van der Waals surface area contributed by atoms with Crippen molar-refractivity contribution in [3.8, 4) is 0 Å². The van der Waals surface area contributed by atoms with Crippen molar-refractivity contribution in [3.63, 3.8) is 0 Å². The summed E-state index contributed by atoms with van der Waals surface area (Å²) in [4.78, 5) is 7.59. The number of guanidine groups is 1. The summed E-state index contributed by atoms with van der Waals surface area (Å²) in [5, 5.41) is 7.90. The molecule has 1 aromatic heterocycles. The maximum Gasteiger partial charge on any atom is 0.191 e. The van der Waals surface area contributed by atoms with Gasteiger partial charge in [0.05, 0.1) is 5.75 Å². The molecule has 0 unspecified atom stereocenters. The van der Waals surface area contributed by atoms with Crippen LogP contribution >= 0.6 is 0 Å². The van der Waals surface area contributed by atoms with Crippen LogP contribution in [-0.4, -0.2) is 51.5 Å². The fourth-order valence-electron chi connectivity index (χ4n) is 2.92. The molecule has 0 spiro atoms. The largest absolute Gasteiger partial charge is 0.361 e. The number of nitrogens with one attached hydrogen (secondary N) is 3. The van der Waals surface area contributed by atoms with Crippen molar-refractivity contribution in [2.45, 2.75) is 33.6 Å². The standard InChI is InChI=1S/C20H32N4O2S/c1-15-6-7-17-16(13-23-18(17)12-15)8-10-22-19(21-4)24-14-20(2,3)9-11-27(5,25)26/h6-7,12-13,23H,8-11,14H2,1-5H3,(H2,21,22,24). The highest BCUT2D eigenvalue weighted by Gasteiger charge is 2.20. The zero-order valence-electron chi connectivity index (χ0n) is 17.0. The van der Waals surface area contributed by atoms with E-state index in [-0.39, 0.29) is 11.2 Å². The third-order valence-corrected chi connectivity index (χ3v) is 5.66. The number of aromatic nitrogens is 1.